The van der Waals surface area contributed by atoms with Crippen molar-refractivity contribution in [2.75, 3.05) is 11.9 Å². The van der Waals surface area contributed by atoms with Crippen LogP contribution in [0.1, 0.15) is 6.92 Å². The van der Waals surface area contributed by atoms with E-state index in [1.165, 1.54) is 5.00 Å². The summed E-state index contributed by atoms with van der Waals surface area (Å²) in [6.07, 6.45) is 0. The molecular formula is C6H10INS. The molecule has 52 valence electrons. The summed E-state index contributed by atoms with van der Waals surface area (Å²) >= 11 is 1.74. The zero-order valence-corrected chi connectivity index (χ0v) is 8.40. The van der Waals surface area contributed by atoms with Crippen LogP contribution in [-0.4, -0.2) is 6.54 Å². The van der Waals surface area contributed by atoms with E-state index < -0.39 is 0 Å². The largest absolute Gasteiger partial charge is 0.377 e. The number of halogens is 1. The van der Waals surface area contributed by atoms with E-state index in [2.05, 4.69) is 23.7 Å². The number of thiophene rings is 1. The van der Waals surface area contributed by atoms with Gasteiger partial charge in [0, 0.05) is 6.54 Å². The third-order valence-electron chi connectivity index (χ3n) is 0.872. The summed E-state index contributed by atoms with van der Waals surface area (Å²) in [5.74, 6) is 0. The summed E-state index contributed by atoms with van der Waals surface area (Å²) in [5.41, 5.74) is 0. The van der Waals surface area contributed by atoms with Crippen molar-refractivity contribution in [3.8, 4) is 0 Å². The van der Waals surface area contributed by atoms with E-state index in [-0.39, 0.29) is 24.0 Å². The van der Waals surface area contributed by atoms with Crippen molar-refractivity contribution in [2.45, 2.75) is 6.92 Å². The van der Waals surface area contributed by atoms with E-state index in [1.54, 1.807) is 11.3 Å². The lowest BCUT2D eigenvalue weighted by Crippen LogP contribution is -1.91. The maximum atomic E-state index is 3.21. The van der Waals surface area contributed by atoms with Crippen molar-refractivity contribution in [2.24, 2.45) is 0 Å². The van der Waals surface area contributed by atoms with Crippen molar-refractivity contribution in [3.05, 3.63) is 17.5 Å². The highest BCUT2D eigenvalue weighted by atomic mass is 127. The summed E-state index contributed by atoms with van der Waals surface area (Å²) in [7, 11) is 0. The maximum Gasteiger partial charge on any atom is 0.0882 e. The molecule has 0 aromatic carbocycles. The zero-order chi connectivity index (χ0) is 5.82. The molecule has 0 spiro atoms. The normalized spacial score (nSPS) is 8.11. The molecular weight excluding hydrogens is 245 g/mol. The van der Waals surface area contributed by atoms with E-state index in [4.69, 9.17) is 0 Å². The standard InChI is InChI=1S/C6H9NS.HI/c1-2-7-6-4-3-5-8-6;/h3-5,7H,2H2,1H3;1H. The SMILES string of the molecule is CCNc1cccs1.I. The van der Waals surface area contributed by atoms with Gasteiger partial charge in [0.2, 0.25) is 0 Å². The van der Waals surface area contributed by atoms with Crippen LogP contribution in [0.3, 0.4) is 0 Å². The van der Waals surface area contributed by atoms with Crippen LogP contribution < -0.4 is 5.32 Å². The molecule has 1 aromatic rings. The summed E-state index contributed by atoms with van der Waals surface area (Å²) in [4.78, 5) is 0. The molecule has 1 rings (SSSR count). The van der Waals surface area contributed by atoms with Gasteiger partial charge in [0.15, 0.2) is 0 Å². The Morgan fingerprint density at radius 1 is 1.67 bits per heavy atom. The second-order valence-corrected chi connectivity index (χ2v) is 2.46. The van der Waals surface area contributed by atoms with Crippen LogP contribution in [0.25, 0.3) is 0 Å². The van der Waals surface area contributed by atoms with Gasteiger partial charge in [-0.1, -0.05) is 0 Å². The zero-order valence-electron chi connectivity index (χ0n) is 5.26. The molecule has 0 saturated carbocycles. The van der Waals surface area contributed by atoms with Crippen molar-refractivity contribution in [3.63, 3.8) is 0 Å². The van der Waals surface area contributed by atoms with Crippen LogP contribution in [0.2, 0.25) is 0 Å². The minimum Gasteiger partial charge on any atom is -0.377 e. The third-order valence-corrected chi connectivity index (χ3v) is 1.70. The fourth-order valence-corrected chi connectivity index (χ4v) is 1.24. The van der Waals surface area contributed by atoms with E-state index in [1.807, 2.05) is 6.07 Å². The number of hydrogen-bond acceptors (Lipinski definition) is 2. The van der Waals surface area contributed by atoms with Gasteiger partial charge in [0.05, 0.1) is 5.00 Å². The molecule has 1 N–H and O–H groups in total. The number of nitrogens with one attached hydrogen (secondary N) is 1. The average Bonchev–Trinajstić information content (AvgIpc) is 2.19. The van der Waals surface area contributed by atoms with Crippen molar-refractivity contribution < 1.29 is 0 Å². The van der Waals surface area contributed by atoms with Crippen LogP contribution in [0.15, 0.2) is 17.5 Å². The van der Waals surface area contributed by atoms with Gasteiger partial charge in [0.1, 0.15) is 0 Å². The van der Waals surface area contributed by atoms with E-state index in [9.17, 15) is 0 Å². The molecule has 1 nitrogen and oxygen atoms in total. The number of hydrogen-bond donors (Lipinski definition) is 1. The average molecular weight is 255 g/mol. The molecule has 0 fully saturated rings. The van der Waals surface area contributed by atoms with Crippen molar-refractivity contribution >= 4 is 40.3 Å². The molecule has 0 atom stereocenters. The molecule has 0 bridgehead atoms. The van der Waals surface area contributed by atoms with Gasteiger partial charge in [0.25, 0.3) is 0 Å². The molecule has 0 aliphatic heterocycles. The van der Waals surface area contributed by atoms with Gasteiger partial charge in [-0.05, 0) is 24.4 Å². The van der Waals surface area contributed by atoms with Crippen LogP contribution in [0, 0.1) is 0 Å². The summed E-state index contributed by atoms with van der Waals surface area (Å²) in [6, 6.07) is 4.12. The van der Waals surface area contributed by atoms with E-state index >= 15 is 0 Å². The van der Waals surface area contributed by atoms with E-state index in [0.717, 1.165) is 6.54 Å². The summed E-state index contributed by atoms with van der Waals surface area (Å²) in [6.45, 7) is 3.11. The molecule has 0 amide bonds. The van der Waals surface area contributed by atoms with Gasteiger partial charge in [-0.25, -0.2) is 0 Å². The molecule has 1 aromatic heterocycles. The van der Waals surface area contributed by atoms with Crippen molar-refractivity contribution in [1.82, 2.24) is 0 Å². The predicted molar refractivity (Wildman–Crippen MR) is 53.9 cm³/mol. The van der Waals surface area contributed by atoms with E-state index in [0.29, 0.717) is 0 Å². The minimum absolute atomic E-state index is 0. The first kappa shape index (κ1) is 9.23. The fraction of sp³-hybridized carbons (Fsp3) is 0.333. The van der Waals surface area contributed by atoms with Crippen molar-refractivity contribution in [1.29, 1.82) is 0 Å². The summed E-state index contributed by atoms with van der Waals surface area (Å²) < 4.78 is 0. The van der Waals surface area contributed by atoms with Gasteiger partial charge in [-0.3, -0.25) is 0 Å². The highest BCUT2D eigenvalue weighted by Gasteiger charge is 1.84. The third kappa shape index (κ3) is 3.05. The molecule has 3 heteroatoms. The molecule has 0 unspecified atom stereocenters. The maximum absolute atomic E-state index is 3.21. The Kier molecular flexibility index (Phi) is 5.18. The molecule has 1 heterocycles. The number of anilines is 1. The Hall–Kier alpha value is 0.230. The highest BCUT2D eigenvalue weighted by Crippen LogP contribution is 2.13. The summed E-state index contributed by atoms with van der Waals surface area (Å²) in [5, 5.41) is 6.53. The lowest BCUT2D eigenvalue weighted by atomic mass is 10.6. The Balaban J connectivity index is 0.000000640. The fourth-order valence-electron chi connectivity index (χ4n) is 0.553. The van der Waals surface area contributed by atoms with Crippen LogP contribution in [0.4, 0.5) is 5.00 Å². The smallest absolute Gasteiger partial charge is 0.0882 e. The van der Waals surface area contributed by atoms with Gasteiger partial charge >= 0.3 is 0 Å². The second-order valence-electron chi connectivity index (χ2n) is 1.51. The monoisotopic (exact) mass is 255 g/mol. The first-order valence-corrected chi connectivity index (χ1v) is 3.59. The second kappa shape index (κ2) is 5.05. The predicted octanol–water partition coefficient (Wildman–Crippen LogP) is 2.80. The van der Waals surface area contributed by atoms with Gasteiger partial charge in [-0.2, -0.15) is 0 Å². The Morgan fingerprint density at radius 2 is 2.44 bits per heavy atom. The topological polar surface area (TPSA) is 12.0 Å². The Morgan fingerprint density at radius 3 is 2.89 bits per heavy atom. The highest BCUT2D eigenvalue weighted by molar-refractivity contribution is 14.0. The molecule has 0 aliphatic carbocycles. The van der Waals surface area contributed by atoms with Crippen LogP contribution in [-0.2, 0) is 0 Å². The molecule has 0 radical (unpaired) electrons. The lowest BCUT2D eigenvalue weighted by molar-refractivity contribution is 1.23. The Bertz CT molecular complexity index is 139. The first-order valence-electron chi connectivity index (χ1n) is 2.71. The van der Waals surface area contributed by atoms with Crippen LogP contribution in [0.5, 0.6) is 0 Å². The lowest BCUT2D eigenvalue weighted by Gasteiger charge is -1.93. The minimum atomic E-state index is 0. The number of rotatable bonds is 2. The first-order chi connectivity index (χ1) is 3.93. The van der Waals surface area contributed by atoms with Gasteiger partial charge in [-0.15, -0.1) is 35.3 Å². The Labute approximate surface area is 76.5 Å². The molecule has 0 saturated heterocycles. The van der Waals surface area contributed by atoms with Crippen LogP contribution >= 0.6 is 35.3 Å². The van der Waals surface area contributed by atoms with Gasteiger partial charge < -0.3 is 5.32 Å². The quantitative estimate of drug-likeness (QED) is 0.801. The molecule has 9 heavy (non-hydrogen) atoms. The molecule has 0 aliphatic rings.